The van der Waals surface area contributed by atoms with E-state index in [1.165, 1.54) is 21.1 Å². The Morgan fingerprint density at radius 2 is 1.54 bits per heavy atom. The van der Waals surface area contributed by atoms with Crippen LogP contribution in [-0.2, 0) is 10.0 Å². The summed E-state index contributed by atoms with van der Waals surface area (Å²) in [5.74, 6) is 0.951. The highest BCUT2D eigenvalue weighted by molar-refractivity contribution is 7.96. The summed E-state index contributed by atoms with van der Waals surface area (Å²) in [4.78, 5) is 17.4. The Balaban J connectivity index is 1.90. The number of benzene rings is 2. The van der Waals surface area contributed by atoms with Gasteiger partial charge < -0.3 is 9.47 Å². The van der Waals surface area contributed by atoms with Gasteiger partial charge in [0.05, 0.1) is 24.7 Å². The van der Waals surface area contributed by atoms with E-state index >= 15 is 0 Å². The number of anilines is 1. The van der Waals surface area contributed by atoms with E-state index in [4.69, 9.17) is 9.47 Å². The van der Waals surface area contributed by atoms with E-state index in [1.807, 2.05) is 30.3 Å². The van der Waals surface area contributed by atoms with Crippen LogP contribution in [0.25, 0.3) is 28.9 Å². The van der Waals surface area contributed by atoms with E-state index in [1.54, 1.807) is 48.8 Å². The van der Waals surface area contributed by atoms with E-state index in [9.17, 15) is 8.42 Å². The Kier molecular flexibility index (Phi) is 7.02. The van der Waals surface area contributed by atoms with Crippen LogP contribution >= 0.6 is 0 Å². The molecular weight excluding hydrogens is 466 g/mol. The molecule has 2 aromatic heterocycles. The molecule has 2 heterocycles. The summed E-state index contributed by atoms with van der Waals surface area (Å²) in [6.07, 6.45) is 4.66. The summed E-state index contributed by atoms with van der Waals surface area (Å²) in [5, 5.41) is 0. The quantitative estimate of drug-likeness (QED) is 0.387. The first-order chi connectivity index (χ1) is 16.9. The van der Waals surface area contributed by atoms with Crippen molar-refractivity contribution < 1.29 is 17.9 Å². The summed E-state index contributed by atoms with van der Waals surface area (Å²) >= 11 is 0. The topological polar surface area (TPSA) is 116 Å². The van der Waals surface area contributed by atoms with Crippen molar-refractivity contribution in [2.24, 2.45) is 0 Å². The van der Waals surface area contributed by atoms with Gasteiger partial charge in [0.1, 0.15) is 5.75 Å². The first kappa shape index (κ1) is 23.8. The third-order valence-corrected chi connectivity index (χ3v) is 6.46. The maximum Gasteiger partial charge on any atom is 0.258 e. The van der Waals surface area contributed by atoms with Crippen LogP contribution in [0.3, 0.4) is 0 Å². The van der Waals surface area contributed by atoms with Crippen LogP contribution in [0.15, 0.2) is 78.0 Å². The molecule has 0 amide bonds. The van der Waals surface area contributed by atoms with E-state index < -0.39 is 10.0 Å². The number of methoxy groups -OCH3 is 2. The lowest BCUT2D eigenvalue weighted by Gasteiger charge is -2.17. The molecule has 2 aromatic carbocycles. The van der Waals surface area contributed by atoms with Crippen molar-refractivity contribution in [3.8, 4) is 34.4 Å². The second kappa shape index (κ2) is 10.3. The average Bonchev–Trinajstić information content (AvgIpc) is 2.89. The Morgan fingerprint density at radius 1 is 0.857 bits per heavy atom. The Hall–Kier alpha value is -4.31. The molecule has 0 aliphatic heterocycles. The van der Waals surface area contributed by atoms with Crippen molar-refractivity contribution >= 4 is 21.9 Å². The van der Waals surface area contributed by atoms with Crippen molar-refractivity contribution in [1.29, 1.82) is 0 Å². The minimum atomic E-state index is -4.00. The fourth-order valence-electron chi connectivity index (χ4n) is 3.34. The third-order valence-electron chi connectivity index (χ3n) is 5.04. The molecule has 0 spiro atoms. The van der Waals surface area contributed by atoms with Crippen LogP contribution in [0.2, 0.25) is 0 Å². The number of allylic oxidation sites excluding steroid dienone is 1. The lowest BCUT2D eigenvalue weighted by Crippen LogP contribution is -2.16. The van der Waals surface area contributed by atoms with Crippen LogP contribution in [-0.4, -0.2) is 42.6 Å². The number of ether oxygens (including phenoxy) is 2. The van der Waals surface area contributed by atoms with Gasteiger partial charge in [-0.2, -0.15) is 4.98 Å². The highest BCUT2D eigenvalue weighted by Gasteiger charge is 2.25. The van der Waals surface area contributed by atoms with Gasteiger partial charge in [-0.05, 0) is 30.7 Å². The SMILES string of the molecule is COc1ccccc1-c1c(NS(=O)(=O)/C(C)=C/c2ccccc2)nc(-c2ncccn2)nc1OC. The molecule has 0 radical (unpaired) electrons. The zero-order chi connectivity index (χ0) is 24.8. The summed E-state index contributed by atoms with van der Waals surface area (Å²) in [6, 6.07) is 17.9. The molecule has 0 bridgehead atoms. The highest BCUT2D eigenvalue weighted by Crippen LogP contribution is 2.41. The van der Waals surface area contributed by atoms with Crippen molar-refractivity contribution in [3.63, 3.8) is 0 Å². The van der Waals surface area contributed by atoms with Crippen LogP contribution in [0, 0.1) is 0 Å². The Labute approximate surface area is 203 Å². The largest absolute Gasteiger partial charge is 0.496 e. The molecular formula is C25H23N5O4S. The number of sulfonamides is 1. The Morgan fingerprint density at radius 3 is 2.23 bits per heavy atom. The number of aromatic nitrogens is 4. The number of hydrogen-bond donors (Lipinski definition) is 1. The molecule has 0 saturated heterocycles. The van der Waals surface area contributed by atoms with Crippen LogP contribution in [0.4, 0.5) is 5.82 Å². The summed E-state index contributed by atoms with van der Waals surface area (Å²) in [5.41, 5.74) is 1.62. The van der Waals surface area contributed by atoms with Crippen molar-refractivity contribution in [1.82, 2.24) is 19.9 Å². The molecule has 0 aliphatic rings. The van der Waals surface area contributed by atoms with Gasteiger partial charge in [0.25, 0.3) is 10.0 Å². The number of nitrogens with one attached hydrogen (secondary N) is 1. The second-order valence-corrected chi connectivity index (χ2v) is 9.18. The molecule has 35 heavy (non-hydrogen) atoms. The lowest BCUT2D eigenvalue weighted by atomic mass is 10.1. The second-order valence-electron chi connectivity index (χ2n) is 7.32. The first-order valence-corrected chi connectivity index (χ1v) is 12.0. The highest BCUT2D eigenvalue weighted by atomic mass is 32.2. The van der Waals surface area contributed by atoms with Gasteiger partial charge >= 0.3 is 0 Å². The van der Waals surface area contributed by atoms with Gasteiger partial charge in [-0.1, -0.05) is 48.5 Å². The Bertz CT molecular complexity index is 1460. The normalized spacial score (nSPS) is 11.7. The molecule has 4 rings (SSSR count). The molecule has 0 aliphatic carbocycles. The molecule has 10 heteroatoms. The van der Waals surface area contributed by atoms with Crippen molar-refractivity contribution in [2.75, 3.05) is 18.9 Å². The number of nitrogens with zero attached hydrogens (tertiary/aromatic N) is 4. The van der Waals surface area contributed by atoms with E-state index in [0.29, 0.717) is 16.9 Å². The maximum atomic E-state index is 13.3. The molecule has 0 atom stereocenters. The van der Waals surface area contributed by atoms with E-state index in [-0.39, 0.29) is 28.3 Å². The standard InChI is InChI=1S/C25H23N5O4S/c1-17(16-18-10-5-4-6-11-18)35(31,32)30-22-21(19-12-7-8-13-20(19)33-2)25(34-3)29-24(28-22)23-26-14-9-15-27-23/h4-16H,1-3H3,(H,28,29,30)/b17-16+. The third kappa shape index (κ3) is 5.28. The molecule has 0 fully saturated rings. The van der Waals surface area contributed by atoms with Gasteiger partial charge in [0.15, 0.2) is 11.6 Å². The van der Waals surface area contributed by atoms with E-state index in [0.717, 1.165) is 5.56 Å². The molecule has 9 nitrogen and oxygen atoms in total. The average molecular weight is 490 g/mol. The zero-order valence-electron chi connectivity index (χ0n) is 19.3. The smallest absolute Gasteiger partial charge is 0.258 e. The summed E-state index contributed by atoms with van der Waals surface area (Å²) < 4.78 is 40.4. The minimum absolute atomic E-state index is 0.00427. The fourth-order valence-corrected chi connectivity index (χ4v) is 4.19. The monoisotopic (exact) mass is 489 g/mol. The minimum Gasteiger partial charge on any atom is -0.496 e. The first-order valence-electron chi connectivity index (χ1n) is 10.6. The molecule has 178 valence electrons. The lowest BCUT2D eigenvalue weighted by molar-refractivity contribution is 0.397. The molecule has 1 N–H and O–H groups in total. The number of rotatable bonds is 8. The molecule has 0 saturated carbocycles. The molecule has 4 aromatic rings. The number of para-hydroxylation sites is 1. The summed E-state index contributed by atoms with van der Waals surface area (Å²) in [6.45, 7) is 1.51. The summed E-state index contributed by atoms with van der Waals surface area (Å²) in [7, 11) is -1.04. The van der Waals surface area contributed by atoms with Gasteiger partial charge in [-0.15, -0.1) is 0 Å². The van der Waals surface area contributed by atoms with Gasteiger partial charge in [0.2, 0.25) is 11.7 Å². The van der Waals surface area contributed by atoms with Crippen LogP contribution in [0.5, 0.6) is 11.6 Å². The van der Waals surface area contributed by atoms with Crippen LogP contribution in [0.1, 0.15) is 12.5 Å². The predicted octanol–water partition coefficient (Wildman–Crippen LogP) is 4.42. The van der Waals surface area contributed by atoms with Gasteiger partial charge in [0, 0.05) is 18.0 Å². The number of hydrogen-bond acceptors (Lipinski definition) is 8. The van der Waals surface area contributed by atoms with Gasteiger partial charge in [-0.25, -0.2) is 23.4 Å². The van der Waals surface area contributed by atoms with Crippen molar-refractivity contribution in [3.05, 3.63) is 83.5 Å². The van der Waals surface area contributed by atoms with E-state index in [2.05, 4.69) is 24.7 Å². The van der Waals surface area contributed by atoms with Crippen LogP contribution < -0.4 is 14.2 Å². The fraction of sp³-hybridized carbons (Fsp3) is 0.120. The van der Waals surface area contributed by atoms with Gasteiger partial charge in [-0.3, -0.25) is 4.72 Å². The predicted molar refractivity (Wildman–Crippen MR) is 134 cm³/mol. The molecule has 0 unspecified atom stereocenters. The maximum absolute atomic E-state index is 13.3. The van der Waals surface area contributed by atoms with Crippen molar-refractivity contribution in [2.45, 2.75) is 6.92 Å². The zero-order valence-corrected chi connectivity index (χ0v) is 20.2.